The van der Waals surface area contributed by atoms with Crippen molar-refractivity contribution in [3.05, 3.63) is 5.89 Å². The molecule has 1 N–H and O–H groups in total. The van der Waals surface area contributed by atoms with Crippen molar-refractivity contribution < 1.29 is 8.63 Å². The highest BCUT2D eigenvalue weighted by Crippen LogP contribution is 2.19. The third-order valence-electron chi connectivity index (χ3n) is 2.17. The Balaban J connectivity index is 2.34. The van der Waals surface area contributed by atoms with Crippen LogP contribution >= 0.6 is 11.6 Å². The molecule has 0 aliphatic rings. The van der Waals surface area contributed by atoms with Gasteiger partial charge in [0.25, 0.3) is 0 Å². The van der Waals surface area contributed by atoms with E-state index in [2.05, 4.69) is 15.5 Å². The summed E-state index contributed by atoms with van der Waals surface area (Å²) >= 11 is 5.78. The van der Waals surface area contributed by atoms with Crippen LogP contribution in [0.15, 0.2) is 4.42 Å². The highest BCUT2D eigenvalue weighted by atomic mass is 35.5. The van der Waals surface area contributed by atoms with Crippen molar-refractivity contribution in [2.75, 3.05) is 18.1 Å². The molecule has 0 amide bonds. The molecule has 1 aromatic rings. The largest absolute Gasteiger partial charge is 0.407 e. The summed E-state index contributed by atoms with van der Waals surface area (Å²) in [6, 6.07) is 0.358. The van der Waals surface area contributed by atoms with Crippen LogP contribution in [-0.4, -0.2) is 32.5 Å². The smallest absolute Gasteiger partial charge is 0.315 e. The Hall–Kier alpha value is -0.620. The molecule has 0 spiro atoms. The zero-order valence-corrected chi connectivity index (χ0v) is 11.1. The van der Waals surface area contributed by atoms with Gasteiger partial charge in [0.2, 0.25) is 5.89 Å². The Labute approximate surface area is 102 Å². The van der Waals surface area contributed by atoms with Gasteiger partial charge in [0.1, 0.15) is 5.38 Å². The number of alkyl halides is 1. The Morgan fingerprint density at radius 3 is 2.69 bits per heavy atom. The van der Waals surface area contributed by atoms with Gasteiger partial charge in [0.15, 0.2) is 0 Å². The first-order valence-electron chi connectivity index (χ1n) is 5.04. The molecule has 3 atom stereocenters. The van der Waals surface area contributed by atoms with Gasteiger partial charge in [-0.05, 0) is 13.3 Å². The van der Waals surface area contributed by atoms with E-state index < -0.39 is 10.8 Å². The lowest BCUT2D eigenvalue weighted by Gasteiger charge is -2.07. The van der Waals surface area contributed by atoms with Crippen LogP contribution in [0.5, 0.6) is 0 Å². The summed E-state index contributed by atoms with van der Waals surface area (Å²) < 4.78 is 16.3. The van der Waals surface area contributed by atoms with Crippen LogP contribution < -0.4 is 5.32 Å². The summed E-state index contributed by atoms with van der Waals surface area (Å²) in [5.41, 5.74) is 0. The fourth-order valence-corrected chi connectivity index (χ4v) is 1.55. The summed E-state index contributed by atoms with van der Waals surface area (Å²) in [6.45, 7) is 4.36. The molecule has 92 valence electrons. The second-order valence-electron chi connectivity index (χ2n) is 3.59. The Kier molecular flexibility index (Phi) is 5.21. The minimum Gasteiger partial charge on any atom is -0.407 e. The van der Waals surface area contributed by atoms with Crippen molar-refractivity contribution in [1.82, 2.24) is 10.2 Å². The molecule has 0 saturated heterocycles. The number of nitrogens with one attached hydrogen (secondary N) is 1. The molecule has 1 heterocycles. The van der Waals surface area contributed by atoms with Gasteiger partial charge in [-0.15, -0.1) is 16.7 Å². The van der Waals surface area contributed by atoms with Crippen molar-refractivity contribution in [3.8, 4) is 0 Å². The van der Waals surface area contributed by atoms with Gasteiger partial charge in [0.05, 0.1) is 0 Å². The van der Waals surface area contributed by atoms with Gasteiger partial charge in [-0.3, -0.25) is 4.21 Å². The number of rotatable bonds is 6. The molecule has 0 aliphatic carbocycles. The van der Waals surface area contributed by atoms with Crippen LogP contribution in [0.25, 0.3) is 0 Å². The topological polar surface area (TPSA) is 68.0 Å². The first kappa shape index (κ1) is 13.4. The molecule has 0 saturated carbocycles. The highest BCUT2D eigenvalue weighted by molar-refractivity contribution is 7.84. The number of hydrogen-bond acceptors (Lipinski definition) is 5. The van der Waals surface area contributed by atoms with Gasteiger partial charge in [0, 0.05) is 28.9 Å². The molecule has 1 rings (SSSR count). The average molecular weight is 266 g/mol. The number of nitrogens with zero attached hydrogens (tertiary/aromatic N) is 2. The Bertz CT molecular complexity index is 356. The molecule has 1 aromatic heterocycles. The predicted octanol–water partition coefficient (Wildman–Crippen LogP) is 1.94. The molecule has 0 aliphatic heterocycles. The highest BCUT2D eigenvalue weighted by Gasteiger charge is 2.11. The van der Waals surface area contributed by atoms with Gasteiger partial charge < -0.3 is 9.73 Å². The number of anilines is 1. The first-order valence-corrected chi connectivity index (χ1v) is 7.10. The quantitative estimate of drug-likeness (QED) is 0.796. The average Bonchev–Trinajstić information content (AvgIpc) is 2.66. The maximum atomic E-state index is 11.1. The van der Waals surface area contributed by atoms with Gasteiger partial charge in [-0.25, -0.2) is 0 Å². The van der Waals surface area contributed by atoms with E-state index in [0.29, 0.717) is 18.5 Å². The lowest BCUT2D eigenvalue weighted by Crippen LogP contribution is -2.14. The standard InChI is InChI=1S/C9H16ClN3O2S/c1-6(16(3)14)4-5-11-9-13-12-8(15-9)7(2)10/h6-7H,4-5H2,1-3H3,(H,11,13). The molecule has 3 unspecified atom stereocenters. The zero-order valence-electron chi connectivity index (χ0n) is 9.57. The Morgan fingerprint density at radius 2 is 2.19 bits per heavy atom. The van der Waals surface area contributed by atoms with E-state index in [1.165, 1.54) is 0 Å². The zero-order chi connectivity index (χ0) is 12.1. The second kappa shape index (κ2) is 6.20. The first-order chi connectivity index (χ1) is 7.50. The van der Waals surface area contributed by atoms with Crippen LogP contribution in [0.4, 0.5) is 6.01 Å². The van der Waals surface area contributed by atoms with Crippen LogP contribution in [0.3, 0.4) is 0 Å². The molecule has 0 aromatic carbocycles. The fraction of sp³-hybridized carbons (Fsp3) is 0.778. The number of halogens is 1. The molecular formula is C9H16ClN3O2S. The summed E-state index contributed by atoms with van der Waals surface area (Å²) in [5.74, 6) is 0.399. The monoisotopic (exact) mass is 265 g/mol. The van der Waals surface area contributed by atoms with Crippen molar-refractivity contribution in [2.24, 2.45) is 0 Å². The van der Waals surface area contributed by atoms with Gasteiger partial charge >= 0.3 is 6.01 Å². The van der Waals surface area contributed by atoms with Crippen LogP contribution in [0, 0.1) is 0 Å². The van der Waals surface area contributed by atoms with E-state index in [-0.39, 0.29) is 10.6 Å². The molecule has 0 fully saturated rings. The van der Waals surface area contributed by atoms with E-state index >= 15 is 0 Å². The van der Waals surface area contributed by atoms with Crippen molar-refractivity contribution in [1.29, 1.82) is 0 Å². The minimum atomic E-state index is -0.798. The van der Waals surface area contributed by atoms with Crippen molar-refractivity contribution in [2.45, 2.75) is 30.9 Å². The SMILES string of the molecule is CC(Cl)c1nnc(NCCC(C)S(C)=O)o1. The molecule has 5 nitrogen and oxygen atoms in total. The summed E-state index contributed by atoms with van der Waals surface area (Å²) in [5, 5.41) is 10.4. The third kappa shape index (κ3) is 4.09. The van der Waals surface area contributed by atoms with E-state index in [1.54, 1.807) is 13.2 Å². The Morgan fingerprint density at radius 1 is 1.50 bits per heavy atom. The number of aromatic nitrogens is 2. The lowest BCUT2D eigenvalue weighted by atomic mass is 10.3. The van der Waals surface area contributed by atoms with E-state index in [9.17, 15) is 4.21 Å². The summed E-state index contributed by atoms with van der Waals surface area (Å²) in [6.07, 6.45) is 2.49. The maximum Gasteiger partial charge on any atom is 0.315 e. The van der Waals surface area contributed by atoms with Crippen LogP contribution in [0.1, 0.15) is 31.5 Å². The molecular weight excluding hydrogens is 250 g/mol. The van der Waals surface area contributed by atoms with Crippen molar-refractivity contribution in [3.63, 3.8) is 0 Å². The predicted molar refractivity (Wildman–Crippen MR) is 65.2 cm³/mol. The fourth-order valence-electron chi connectivity index (χ4n) is 1.02. The van der Waals surface area contributed by atoms with E-state index in [1.807, 2.05) is 6.92 Å². The van der Waals surface area contributed by atoms with Gasteiger partial charge in [-0.2, -0.15) is 0 Å². The lowest BCUT2D eigenvalue weighted by molar-refractivity contribution is 0.505. The van der Waals surface area contributed by atoms with Crippen molar-refractivity contribution >= 4 is 28.4 Å². The normalized spacial score (nSPS) is 16.8. The molecule has 7 heteroatoms. The molecule has 16 heavy (non-hydrogen) atoms. The second-order valence-corrected chi connectivity index (χ2v) is 6.04. The third-order valence-corrected chi connectivity index (χ3v) is 3.73. The summed E-state index contributed by atoms with van der Waals surface area (Å²) in [7, 11) is -0.798. The molecule has 0 radical (unpaired) electrons. The minimum absolute atomic E-state index is 0.154. The maximum absolute atomic E-state index is 11.1. The number of hydrogen-bond donors (Lipinski definition) is 1. The van der Waals surface area contributed by atoms with Gasteiger partial charge in [-0.1, -0.05) is 12.0 Å². The van der Waals surface area contributed by atoms with Crippen LogP contribution in [-0.2, 0) is 10.8 Å². The van der Waals surface area contributed by atoms with E-state index in [4.69, 9.17) is 16.0 Å². The van der Waals surface area contributed by atoms with E-state index in [0.717, 1.165) is 6.42 Å². The van der Waals surface area contributed by atoms with Crippen LogP contribution in [0.2, 0.25) is 0 Å². The molecule has 0 bridgehead atoms. The summed E-state index contributed by atoms with van der Waals surface area (Å²) in [4.78, 5) is 0.